The molecular formula is C29H32ClF3N4O3S2. The van der Waals surface area contributed by atoms with Gasteiger partial charge in [0.15, 0.2) is 5.78 Å². The number of hydrogen-bond acceptors (Lipinski definition) is 7. The Hall–Kier alpha value is -2.54. The van der Waals surface area contributed by atoms with E-state index in [-0.39, 0.29) is 35.4 Å². The number of halogens is 4. The minimum absolute atomic E-state index is 0.0679. The van der Waals surface area contributed by atoms with Crippen molar-refractivity contribution in [3.63, 3.8) is 0 Å². The number of carbonyl (C=O) groups is 1. The van der Waals surface area contributed by atoms with Crippen LogP contribution in [0.25, 0.3) is 11.3 Å². The predicted molar refractivity (Wildman–Crippen MR) is 157 cm³/mol. The number of nitrogens with zero attached hydrogens (tertiary/aromatic N) is 4. The number of sulfonamides is 1. The van der Waals surface area contributed by atoms with Gasteiger partial charge >= 0.3 is 6.18 Å². The molecule has 0 aliphatic carbocycles. The van der Waals surface area contributed by atoms with Gasteiger partial charge in [-0.1, -0.05) is 37.6 Å². The molecule has 0 bridgehead atoms. The van der Waals surface area contributed by atoms with Crippen LogP contribution in [0.5, 0.6) is 0 Å². The molecule has 2 saturated heterocycles. The van der Waals surface area contributed by atoms with Crippen LogP contribution in [0.3, 0.4) is 0 Å². The smallest absolute Gasteiger partial charge is 0.338 e. The van der Waals surface area contributed by atoms with Crippen LogP contribution in [-0.2, 0) is 27.4 Å². The van der Waals surface area contributed by atoms with Crippen LogP contribution in [-0.4, -0.2) is 53.6 Å². The molecule has 2 aromatic heterocycles. The first-order valence-corrected chi connectivity index (χ1v) is 16.6. The minimum Gasteiger partial charge on any atom is -0.338 e. The molecule has 0 amide bonds. The summed E-state index contributed by atoms with van der Waals surface area (Å²) < 4.78 is 67.7. The van der Waals surface area contributed by atoms with Crippen molar-refractivity contribution in [3.8, 4) is 11.3 Å². The van der Waals surface area contributed by atoms with E-state index < -0.39 is 27.8 Å². The number of hydrogen-bond donors (Lipinski definition) is 0. The molecule has 0 radical (unpaired) electrons. The van der Waals surface area contributed by atoms with Crippen molar-refractivity contribution in [2.75, 3.05) is 18.0 Å². The lowest BCUT2D eigenvalue weighted by molar-refractivity contribution is -0.137. The molecule has 7 nitrogen and oxygen atoms in total. The molecule has 42 heavy (non-hydrogen) atoms. The molecule has 4 heterocycles. The van der Waals surface area contributed by atoms with Gasteiger partial charge in [-0.3, -0.25) is 4.79 Å². The Morgan fingerprint density at radius 1 is 1.07 bits per heavy atom. The molecule has 5 rings (SSSR count). The molecule has 0 spiro atoms. The van der Waals surface area contributed by atoms with E-state index in [9.17, 15) is 26.4 Å². The molecule has 0 N–H and O–H groups in total. The van der Waals surface area contributed by atoms with E-state index in [4.69, 9.17) is 21.6 Å². The molecule has 1 unspecified atom stereocenters. The second kappa shape index (κ2) is 12.2. The van der Waals surface area contributed by atoms with Crippen LogP contribution < -0.4 is 4.90 Å². The first kappa shape index (κ1) is 30.9. The van der Waals surface area contributed by atoms with Crippen LogP contribution in [0, 0.1) is 5.92 Å². The SMILES string of the molecule is CC(C)C1CCCN1c1nc(CCC(=O)[C@@H]2CCCN2S(=O)(=O)c2ccc(Cl)s2)cc(-c2ccc(C(F)(F)F)cc2)n1. The van der Waals surface area contributed by atoms with Gasteiger partial charge in [0, 0.05) is 36.8 Å². The summed E-state index contributed by atoms with van der Waals surface area (Å²) in [5.74, 6) is 0.645. The quantitative estimate of drug-likeness (QED) is 0.254. The molecule has 3 aromatic rings. The summed E-state index contributed by atoms with van der Waals surface area (Å²) in [5, 5.41) is 0. The Kier molecular flexibility index (Phi) is 8.99. The van der Waals surface area contributed by atoms with Crippen molar-refractivity contribution in [1.29, 1.82) is 0 Å². The van der Waals surface area contributed by atoms with Gasteiger partial charge < -0.3 is 4.90 Å². The molecule has 1 aromatic carbocycles. The number of ketones is 1. The third-order valence-electron chi connectivity index (χ3n) is 7.92. The summed E-state index contributed by atoms with van der Waals surface area (Å²) in [7, 11) is -3.85. The van der Waals surface area contributed by atoms with Gasteiger partial charge in [-0.15, -0.1) is 11.3 Å². The highest BCUT2D eigenvalue weighted by molar-refractivity contribution is 7.91. The fourth-order valence-corrected chi connectivity index (χ4v) is 9.06. The number of anilines is 1. The molecule has 13 heteroatoms. The lowest BCUT2D eigenvalue weighted by Gasteiger charge is -2.28. The number of alkyl halides is 3. The van der Waals surface area contributed by atoms with Crippen molar-refractivity contribution in [1.82, 2.24) is 14.3 Å². The Labute approximate surface area is 252 Å². The maximum Gasteiger partial charge on any atom is 0.416 e. The Morgan fingerprint density at radius 3 is 2.43 bits per heavy atom. The van der Waals surface area contributed by atoms with Crippen LogP contribution in [0.2, 0.25) is 4.34 Å². The number of aryl methyl sites for hydroxylation is 1. The van der Waals surface area contributed by atoms with Gasteiger partial charge in [0.2, 0.25) is 5.95 Å². The molecule has 0 saturated carbocycles. The van der Waals surface area contributed by atoms with E-state index in [2.05, 4.69) is 18.7 Å². The summed E-state index contributed by atoms with van der Waals surface area (Å²) in [5.41, 5.74) is 0.828. The van der Waals surface area contributed by atoms with Crippen LogP contribution in [0.4, 0.5) is 19.1 Å². The first-order valence-electron chi connectivity index (χ1n) is 14.0. The highest BCUT2D eigenvalue weighted by atomic mass is 35.5. The van der Waals surface area contributed by atoms with Crippen molar-refractivity contribution >= 4 is 44.7 Å². The van der Waals surface area contributed by atoms with E-state index in [0.717, 1.165) is 42.9 Å². The third kappa shape index (κ3) is 6.51. The fourth-order valence-electron chi connectivity index (χ4n) is 5.77. The van der Waals surface area contributed by atoms with E-state index in [0.29, 0.717) is 46.0 Å². The summed E-state index contributed by atoms with van der Waals surface area (Å²) in [6.07, 6.45) is -1.15. The highest BCUT2D eigenvalue weighted by Gasteiger charge is 2.40. The molecular weight excluding hydrogens is 609 g/mol. The van der Waals surface area contributed by atoms with E-state index in [1.165, 1.54) is 28.6 Å². The lowest BCUT2D eigenvalue weighted by Crippen LogP contribution is -2.40. The van der Waals surface area contributed by atoms with E-state index >= 15 is 0 Å². The topological polar surface area (TPSA) is 83.5 Å². The molecule has 2 fully saturated rings. The predicted octanol–water partition coefficient (Wildman–Crippen LogP) is 6.86. The standard InChI is InChI=1S/C29H32ClF3N4O3S2/c1-18(2)23-5-3-15-36(23)28-34-21(17-22(35-28)19-7-9-20(10-8-19)29(31,32)33)11-12-25(38)24-6-4-16-37(24)42(39,40)27-14-13-26(30)41-27/h7-10,13-14,17-18,23-24H,3-6,11-12,15-16H2,1-2H3/t23?,24-/m0/s1. The Morgan fingerprint density at radius 2 is 1.79 bits per heavy atom. The third-order valence-corrected chi connectivity index (χ3v) is 11.5. The summed E-state index contributed by atoms with van der Waals surface area (Å²) in [6, 6.07) is 8.99. The number of rotatable bonds is 9. The number of Topliss-reactive ketones (excluding diaryl/α,β-unsaturated/α-hetero) is 1. The number of aromatic nitrogens is 2. The number of thiophene rings is 1. The van der Waals surface area contributed by atoms with Crippen LogP contribution in [0.15, 0.2) is 46.7 Å². The van der Waals surface area contributed by atoms with Crippen molar-refractivity contribution in [3.05, 3.63) is 58.1 Å². The summed E-state index contributed by atoms with van der Waals surface area (Å²) in [6.45, 7) is 5.29. The lowest BCUT2D eigenvalue weighted by atomic mass is 10.0. The van der Waals surface area contributed by atoms with E-state index in [1.54, 1.807) is 6.07 Å². The van der Waals surface area contributed by atoms with Crippen molar-refractivity contribution in [2.24, 2.45) is 5.92 Å². The normalized spacial score (nSPS) is 20.1. The maximum absolute atomic E-state index is 13.4. The number of carbonyl (C=O) groups excluding carboxylic acids is 1. The molecule has 2 aliphatic heterocycles. The second-order valence-electron chi connectivity index (χ2n) is 11.1. The van der Waals surface area contributed by atoms with Crippen molar-refractivity contribution in [2.45, 2.75) is 74.8 Å². The van der Waals surface area contributed by atoms with Gasteiger partial charge in [0.25, 0.3) is 10.0 Å². The average molecular weight is 641 g/mol. The van der Waals surface area contributed by atoms with Gasteiger partial charge in [-0.2, -0.15) is 17.5 Å². The first-order chi connectivity index (χ1) is 19.8. The molecule has 2 aliphatic rings. The zero-order valence-corrected chi connectivity index (χ0v) is 25.7. The minimum atomic E-state index is -4.45. The van der Waals surface area contributed by atoms with Gasteiger partial charge in [-0.25, -0.2) is 18.4 Å². The van der Waals surface area contributed by atoms with Crippen LogP contribution >= 0.6 is 22.9 Å². The molecule has 2 atom stereocenters. The zero-order chi connectivity index (χ0) is 30.2. The average Bonchev–Trinajstić information content (AvgIpc) is 3.72. The Balaban J connectivity index is 1.40. The summed E-state index contributed by atoms with van der Waals surface area (Å²) in [4.78, 5) is 25.1. The van der Waals surface area contributed by atoms with Crippen LogP contribution in [0.1, 0.15) is 57.2 Å². The monoisotopic (exact) mass is 640 g/mol. The highest BCUT2D eigenvalue weighted by Crippen LogP contribution is 2.35. The van der Waals surface area contributed by atoms with Gasteiger partial charge in [-0.05, 0) is 68.4 Å². The Bertz CT molecular complexity index is 1540. The molecule has 226 valence electrons. The second-order valence-corrected chi connectivity index (χ2v) is 14.9. The summed E-state index contributed by atoms with van der Waals surface area (Å²) >= 11 is 6.93. The number of benzene rings is 1. The van der Waals surface area contributed by atoms with Crippen molar-refractivity contribution < 1.29 is 26.4 Å². The van der Waals surface area contributed by atoms with Gasteiger partial charge in [0.1, 0.15) is 4.21 Å². The van der Waals surface area contributed by atoms with Gasteiger partial charge in [0.05, 0.1) is 21.6 Å². The largest absolute Gasteiger partial charge is 0.416 e. The maximum atomic E-state index is 13.4. The zero-order valence-electron chi connectivity index (χ0n) is 23.3. The fraction of sp³-hybridized carbons (Fsp3) is 0.483. The van der Waals surface area contributed by atoms with E-state index in [1.807, 2.05) is 0 Å².